The zero-order chi connectivity index (χ0) is 12.2. The number of nitrogens with zero attached hydrogens (tertiary/aromatic N) is 1. The van der Waals surface area contributed by atoms with Crippen molar-refractivity contribution in [3.05, 3.63) is 0 Å². The highest BCUT2D eigenvalue weighted by molar-refractivity contribution is 4.68. The Morgan fingerprint density at radius 3 is 1.88 bits per heavy atom. The lowest BCUT2D eigenvalue weighted by molar-refractivity contribution is 0.220. The van der Waals surface area contributed by atoms with E-state index in [-0.39, 0.29) is 0 Å². The normalized spacial score (nSPS) is 13.3. The molecule has 16 heavy (non-hydrogen) atoms. The first-order valence-electron chi connectivity index (χ1n) is 7.46. The van der Waals surface area contributed by atoms with E-state index in [2.05, 4.69) is 32.7 Å². The van der Waals surface area contributed by atoms with Crippen molar-refractivity contribution in [2.45, 2.75) is 84.6 Å². The maximum Gasteiger partial charge on any atom is 0.00920 e. The van der Waals surface area contributed by atoms with Gasteiger partial charge in [-0.3, -0.25) is 0 Å². The summed E-state index contributed by atoms with van der Waals surface area (Å²) in [6.45, 7) is 8.05. The minimum absolute atomic E-state index is 0.839. The molecule has 1 atom stereocenters. The summed E-state index contributed by atoms with van der Waals surface area (Å²) in [6.07, 6.45) is 12.6. The fourth-order valence-electron chi connectivity index (χ4n) is 2.27. The Kier molecular flexibility index (Phi) is 11.4. The van der Waals surface area contributed by atoms with Gasteiger partial charge >= 0.3 is 0 Å². The van der Waals surface area contributed by atoms with Gasteiger partial charge in [0.1, 0.15) is 0 Å². The molecule has 0 aliphatic heterocycles. The summed E-state index contributed by atoms with van der Waals surface area (Å²) in [5, 5.41) is 0. The Balaban J connectivity index is 3.65. The molecule has 0 fully saturated rings. The van der Waals surface area contributed by atoms with Crippen molar-refractivity contribution >= 4 is 0 Å². The van der Waals surface area contributed by atoms with E-state index >= 15 is 0 Å². The summed E-state index contributed by atoms with van der Waals surface area (Å²) >= 11 is 0. The van der Waals surface area contributed by atoms with Crippen LogP contribution in [-0.2, 0) is 0 Å². The second-order valence-corrected chi connectivity index (χ2v) is 5.07. The van der Waals surface area contributed by atoms with Gasteiger partial charge in [-0.1, -0.05) is 65.7 Å². The van der Waals surface area contributed by atoms with Gasteiger partial charge in [-0.05, 0) is 26.4 Å². The highest BCUT2D eigenvalue weighted by atomic mass is 15.1. The van der Waals surface area contributed by atoms with E-state index in [1.54, 1.807) is 0 Å². The first-order chi connectivity index (χ1) is 7.76. The van der Waals surface area contributed by atoms with E-state index < -0.39 is 0 Å². The second kappa shape index (κ2) is 11.4. The highest BCUT2D eigenvalue weighted by Crippen LogP contribution is 2.15. The molecule has 0 aliphatic carbocycles. The van der Waals surface area contributed by atoms with Gasteiger partial charge in [-0.25, -0.2) is 0 Å². The Morgan fingerprint density at radius 2 is 1.31 bits per heavy atom. The Morgan fingerprint density at radius 1 is 0.750 bits per heavy atom. The average molecular weight is 227 g/mol. The van der Waals surface area contributed by atoms with Crippen LogP contribution in [0.4, 0.5) is 0 Å². The maximum absolute atomic E-state index is 2.54. The van der Waals surface area contributed by atoms with Crippen molar-refractivity contribution in [2.75, 3.05) is 13.6 Å². The summed E-state index contributed by atoms with van der Waals surface area (Å²) in [4.78, 5) is 2.54. The highest BCUT2D eigenvalue weighted by Gasteiger charge is 2.11. The monoisotopic (exact) mass is 227 g/mol. The molecule has 0 spiro atoms. The second-order valence-electron chi connectivity index (χ2n) is 5.07. The largest absolute Gasteiger partial charge is 0.304 e. The summed E-state index contributed by atoms with van der Waals surface area (Å²) in [5.74, 6) is 0. The third kappa shape index (κ3) is 8.15. The molecular weight excluding hydrogens is 194 g/mol. The molecule has 0 aromatic carbocycles. The zero-order valence-electron chi connectivity index (χ0n) is 12.1. The molecule has 98 valence electrons. The van der Waals surface area contributed by atoms with Gasteiger partial charge in [-0.15, -0.1) is 0 Å². The topological polar surface area (TPSA) is 3.24 Å². The molecule has 1 unspecified atom stereocenters. The van der Waals surface area contributed by atoms with Crippen LogP contribution in [0.2, 0.25) is 0 Å². The third-order valence-electron chi connectivity index (χ3n) is 3.65. The van der Waals surface area contributed by atoms with Crippen LogP contribution in [0.3, 0.4) is 0 Å². The van der Waals surface area contributed by atoms with Crippen LogP contribution in [0.5, 0.6) is 0 Å². The zero-order valence-corrected chi connectivity index (χ0v) is 12.1. The number of unbranched alkanes of at least 4 members (excludes halogenated alkanes) is 5. The molecule has 0 aromatic rings. The van der Waals surface area contributed by atoms with Crippen LogP contribution < -0.4 is 0 Å². The number of hydrogen-bond donors (Lipinski definition) is 0. The van der Waals surface area contributed by atoms with Gasteiger partial charge in [-0.2, -0.15) is 0 Å². The molecule has 0 heterocycles. The molecule has 0 rings (SSSR count). The summed E-state index contributed by atoms with van der Waals surface area (Å²) in [7, 11) is 2.28. The van der Waals surface area contributed by atoms with Crippen LogP contribution in [-0.4, -0.2) is 24.5 Å². The Hall–Kier alpha value is -0.0400. The van der Waals surface area contributed by atoms with Crippen molar-refractivity contribution in [1.82, 2.24) is 4.90 Å². The molecule has 0 bridgehead atoms. The van der Waals surface area contributed by atoms with Crippen LogP contribution in [0.1, 0.15) is 78.6 Å². The molecule has 0 amide bonds. The van der Waals surface area contributed by atoms with Crippen molar-refractivity contribution in [2.24, 2.45) is 0 Å². The predicted octanol–water partition coefficient (Wildman–Crippen LogP) is 4.86. The van der Waals surface area contributed by atoms with Crippen molar-refractivity contribution in [3.63, 3.8) is 0 Å². The van der Waals surface area contributed by atoms with E-state index in [0.717, 1.165) is 6.04 Å². The van der Waals surface area contributed by atoms with Crippen LogP contribution in [0, 0.1) is 0 Å². The van der Waals surface area contributed by atoms with Gasteiger partial charge in [0.2, 0.25) is 0 Å². The van der Waals surface area contributed by atoms with Gasteiger partial charge < -0.3 is 4.90 Å². The molecule has 0 aliphatic rings. The standard InChI is InChI=1S/C15H33N/c1-5-8-10-11-12-14-15(13-9-6-2)16(4)7-3/h15H,5-14H2,1-4H3. The molecule has 1 nitrogen and oxygen atoms in total. The van der Waals surface area contributed by atoms with Crippen LogP contribution in [0.15, 0.2) is 0 Å². The van der Waals surface area contributed by atoms with Crippen molar-refractivity contribution < 1.29 is 0 Å². The quantitative estimate of drug-likeness (QED) is 0.456. The van der Waals surface area contributed by atoms with E-state index in [9.17, 15) is 0 Å². The molecule has 0 aromatic heterocycles. The van der Waals surface area contributed by atoms with Crippen molar-refractivity contribution in [1.29, 1.82) is 0 Å². The summed E-state index contributed by atoms with van der Waals surface area (Å²) < 4.78 is 0. The van der Waals surface area contributed by atoms with Crippen molar-refractivity contribution in [3.8, 4) is 0 Å². The van der Waals surface area contributed by atoms with Crippen LogP contribution >= 0.6 is 0 Å². The van der Waals surface area contributed by atoms with Gasteiger partial charge in [0, 0.05) is 6.04 Å². The summed E-state index contributed by atoms with van der Waals surface area (Å²) in [5.41, 5.74) is 0. The fourth-order valence-corrected chi connectivity index (χ4v) is 2.27. The minimum Gasteiger partial charge on any atom is -0.304 e. The average Bonchev–Trinajstić information content (AvgIpc) is 2.31. The lowest BCUT2D eigenvalue weighted by Crippen LogP contribution is -2.31. The predicted molar refractivity (Wildman–Crippen MR) is 75.0 cm³/mol. The molecule has 0 saturated carbocycles. The number of hydrogen-bond acceptors (Lipinski definition) is 1. The number of rotatable bonds is 11. The lowest BCUT2D eigenvalue weighted by Gasteiger charge is -2.27. The van der Waals surface area contributed by atoms with E-state index in [4.69, 9.17) is 0 Å². The van der Waals surface area contributed by atoms with E-state index in [1.807, 2.05) is 0 Å². The molecule has 1 heteroatoms. The smallest absolute Gasteiger partial charge is 0.00920 e. The first kappa shape index (κ1) is 16.0. The molecule has 0 saturated heterocycles. The van der Waals surface area contributed by atoms with E-state index in [0.29, 0.717) is 0 Å². The third-order valence-corrected chi connectivity index (χ3v) is 3.65. The SMILES string of the molecule is CCCCCCCC(CCCC)N(C)CC. The Bertz CT molecular complexity index is 133. The van der Waals surface area contributed by atoms with Gasteiger partial charge in [0.25, 0.3) is 0 Å². The van der Waals surface area contributed by atoms with E-state index in [1.165, 1.54) is 64.3 Å². The molecule has 0 radical (unpaired) electrons. The molecule has 0 N–H and O–H groups in total. The Labute approximate surface area is 104 Å². The minimum atomic E-state index is 0.839. The summed E-state index contributed by atoms with van der Waals surface area (Å²) in [6, 6.07) is 0.839. The lowest BCUT2D eigenvalue weighted by atomic mass is 10.0. The van der Waals surface area contributed by atoms with Gasteiger partial charge in [0.15, 0.2) is 0 Å². The maximum atomic E-state index is 2.54. The first-order valence-corrected chi connectivity index (χ1v) is 7.46. The fraction of sp³-hybridized carbons (Fsp3) is 1.00. The molecular formula is C15H33N. The van der Waals surface area contributed by atoms with Crippen LogP contribution in [0.25, 0.3) is 0 Å². The van der Waals surface area contributed by atoms with Gasteiger partial charge in [0.05, 0.1) is 0 Å².